The monoisotopic (exact) mass is 470 g/mol. The number of sulfonamides is 1. The number of carbonyl (C=O) groups is 1. The molecule has 2 heterocycles. The Hall–Kier alpha value is -2.91. The van der Waals surface area contributed by atoms with Crippen LogP contribution in [0.15, 0.2) is 46.1 Å². The van der Waals surface area contributed by atoms with Crippen molar-refractivity contribution in [2.75, 3.05) is 19.6 Å². The fourth-order valence-corrected chi connectivity index (χ4v) is 6.40. The molecule has 0 radical (unpaired) electrons. The molecule has 8 nitrogen and oxygen atoms in total. The standard InChI is InChI=1S/C24H30N4O4S/c1-16-14-17(2)23(18(3)15-16)33(31,32)25-11-8-22(29)27-12-9-19(10-13-27)28-21-7-5-4-6-20(21)26-24(28)30/h4-7,14-15,19,25H,8-13H2,1-3H3,(H,26,30). The lowest BCUT2D eigenvalue weighted by molar-refractivity contribution is -0.132. The van der Waals surface area contributed by atoms with Crippen LogP contribution >= 0.6 is 0 Å². The van der Waals surface area contributed by atoms with Crippen LogP contribution in [0.3, 0.4) is 0 Å². The SMILES string of the molecule is Cc1cc(C)c(S(=O)(=O)NCCC(=O)N2CCC(n3c(=O)[nH]c4ccccc43)CC2)c(C)c1. The molecule has 0 atom stereocenters. The summed E-state index contributed by atoms with van der Waals surface area (Å²) in [6.07, 6.45) is 1.46. The zero-order valence-electron chi connectivity index (χ0n) is 19.2. The molecule has 176 valence electrons. The second kappa shape index (κ2) is 9.15. The van der Waals surface area contributed by atoms with Crippen LogP contribution in [-0.4, -0.2) is 48.4 Å². The fourth-order valence-electron chi connectivity index (χ4n) is 4.92. The number of carbonyl (C=O) groups excluding carboxylic acids is 1. The average Bonchev–Trinajstić information content (AvgIpc) is 3.08. The van der Waals surface area contributed by atoms with Crippen molar-refractivity contribution < 1.29 is 13.2 Å². The maximum absolute atomic E-state index is 12.8. The van der Waals surface area contributed by atoms with E-state index in [0.717, 1.165) is 16.6 Å². The maximum Gasteiger partial charge on any atom is 0.326 e. The third kappa shape index (κ3) is 4.74. The Labute approximate surface area is 193 Å². The van der Waals surface area contributed by atoms with Crippen molar-refractivity contribution >= 4 is 27.0 Å². The maximum atomic E-state index is 12.8. The van der Waals surface area contributed by atoms with Crippen molar-refractivity contribution in [2.24, 2.45) is 0 Å². The van der Waals surface area contributed by atoms with Gasteiger partial charge in [0, 0.05) is 32.1 Å². The molecule has 2 N–H and O–H groups in total. The smallest absolute Gasteiger partial charge is 0.326 e. The minimum absolute atomic E-state index is 0.0312. The molecule has 3 aromatic rings. The van der Waals surface area contributed by atoms with Gasteiger partial charge in [-0.1, -0.05) is 29.8 Å². The van der Waals surface area contributed by atoms with E-state index in [1.165, 1.54) is 0 Å². The average molecular weight is 471 g/mol. The number of benzene rings is 2. The summed E-state index contributed by atoms with van der Waals surface area (Å²) in [5.41, 5.74) is 3.96. The van der Waals surface area contributed by atoms with Gasteiger partial charge in [0.1, 0.15) is 0 Å². The molecule has 0 bridgehead atoms. The van der Waals surface area contributed by atoms with Gasteiger partial charge in [0.2, 0.25) is 15.9 Å². The van der Waals surface area contributed by atoms with E-state index in [1.54, 1.807) is 23.3 Å². The van der Waals surface area contributed by atoms with Gasteiger partial charge in [0.15, 0.2) is 0 Å². The van der Waals surface area contributed by atoms with Crippen molar-refractivity contribution in [2.45, 2.75) is 51.0 Å². The van der Waals surface area contributed by atoms with E-state index in [0.29, 0.717) is 37.1 Å². The molecule has 4 rings (SSSR count). The molecular formula is C24H30N4O4S. The number of aryl methyl sites for hydroxylation is 3. The largest absolute Gasteiger partial charge is 0.343 e. The van der Waals surface area contributed by atoms with Crippen molar-refractivity contribution in [3.8, 4) is 0 Å². The van der Waals surface area contributed by atoms with Gasteiger partial charge in [-0.25, -0.2) is 17.9 Å². The Balaban J connectivity index is 1.34. The second-order valence-corrected chi connectivity index (χ2v) is 10.5. The lowest BCUT2D eigenvalue weighted by atomic mass is 10.0. The summed E-state index contributed by atoms with van der Waals surface area (Å²) in [6, 6.07) is 11.3. The topological polar surface area (TPSA) is 104 Å². The van der Waals surface area contributed by atoms with Crippen LogP contribution in [0, 0.1) is 20.8 Å². The molecular weight excluding hydrogens is 440 g/mol. The zero-order valence-corrected chi connectivity index (χ0v) is 20.0. The highest BCUT2D eigenvalue weighted by Crippen LogP contribution is 2.25. The predicted octanol–water partition coefficient (Wildman–Crippen LogP) is 2.79. The molecule has 1 aliphatic rings. The number of fused-ring (bicyclic) bond motifs is 1. The van der Waals surface area contributed by atoms with Gasteiger partial charge in [-0.2, -0.15) is 0 Å². The Morgan fingerprint density at radius 3 is 2.39 bits per heavy atom. The van der Waals surface area contributed by atoms with Crippen LogP contribution in [0.1, 0.15) is 42.0 Å². The van der Waals surface area contributed by atoms with Gasteiger partial charge in [-0.05, 0) is 56.9 Å². The number of hydrogen-bond acceptors (Lipinski definition) is 4. The summed E-state index contributed by atoms with van der Waals surface area (Å²) >= 11 is 0. The number of hydrogen-bond donors (Lipinski definition) is 2. The van der Waals surface area contributed by atoms with Crippen molar-refractivity contribution in [1.82, 2.24) is 19.2 Å². The number of nitrogens with one attached hydrogen (secondary N) is 2. The molecule has 0 saturated carbocycles. The summed E-state index contributed by atoms with van der Waals surface area (Å²) in [4.78, 5) is 30.0. The quantitative estimate of drug-likeness (QED) is 0.578. The summed E-state index contributed by atoms with van der Waals surface area (Å²) in [7, 11) is -3.69. The Morgan fingerprint density at radius 1 is 1.09 bits per heavy atom. The minimum Gasteiger partial charge on any atom is -0.343 e. The molecule has 0 aliphatic carbocycles. The molecule has 0 unspecified atom stereocenters. The molecule has 1 fully saturated rings. The van der Waals surface area contributed by atoms with Crippen LogP contribution in [-0.2, 0) is 14.8 Å². The summed E-state index contributed by atoms with van der Waals surface area (Å²) < 4.78 is 29.9. The minimum atomic E-state index is -3.69. The first-order valence-corrected chi connectivity index (χ1v) is 12.7. The number of likely N-dealkylation sites (tertiary alicyclic amines) is 1. The van der Waals surface area contributed by atoms with Gasteiger partial charge in [-0.3, -0.25) is 9.36 Å². The lowest BCUT2D eigenvalue weighted by Crippen LogP contribution is -2.41. The number of imidazole rings is 1. The molecule has 33 heavy (non-hydrogen) atoms. The van der Waals surface area contributed by atoms with Crippen LogP contribution in [0.2, 0.25) is 0 Å². The number of rotatable bonds is 6. The van der Waals surface area contributed by atoms with Crippen LogP contribution in [0.5, 0.6) is 0 Å². The molecule has 1 aromatic heterocycles. The van der Waals surface area contributed by atoms with E-state index in [1.807, 2.05) is 43.3 Å². The van der Waals surface area contributed by atoms with E-state index >= 15 is 0 Å². The van der Waals surface area contributed by atoms with Crippen molar-refractivity contribution in [1.29, 1.82) is 0 Å². The third-order valence-electron chi connectivity index (χ3n) is 6.31. The normalized spacial score (nSPS) is 15.3. The summed E-state index contributed by atoms with van der Waals surface area (Å²) in [5.74, 6) is -0.0835. The molecule has 1 amide bonds. The van der Waals surface area contributed by atoms with Crippen molar-refractivity contribution in [3.05, 3.63) is 63.6 Å². The lowest BCUT2D eigenvalue weighted by Gasteiger charge is -2.32. The summed E-state index contributed by atoms with van der Waals surface area (Å²) in [6.45, 7) is 6.62. The summed E-state index contributed by atoms with van der Waals surface area (Å²) in [5, 5.41) is 0. The Bertz CT molecular complexity index is 1330. The first kappa shape index (κ1) is 23.3. The number of piperidine rings is 1. The van der Waals surface area contributed by atoms with Gasteiger partial charge in [0.05, 0.1) is 15.9 Å². The van der Waals surface area contributed by atoms with Gasteiger partial charge < -0.3 is 9.88 Å². The highest BCUT2D eigenvalue weighted by atomic mass is 32.2. The van der Waals surface area contributed by atoms with Gasteiger partial charge in [0.25, 0.3) is 0 Å². The number of H-pyrrole nitrogens is 1. The predicted molar refractivity (Wildman–Crippen MR) is 128 cm³/mol. The second-order valence-electron chi connectivity index (χ2n) is 8.80. The first-order valence-electron chi connectivity index (χ1n) is 11.2. The first-order chi connectivity index (χ1) is 15.7. The van der Waals surface area contributed by atoms with E-state index in [-0.39, 0.29) is 35.5 Å². The number of para-hydroxylation sites is 2. The highest BCUT2D eigenvalue weighted by Gasteiger charge is 2.26. The Morgan fingerprint density at radius 2 is 1.73 bits per heavy atom. The van der Waals surface area contributed by atoms with Crippen LogP contribution in [0.25, 0.3) is 11.0 Å². The van der Waals surface area contributed by atoms with E-state index in [2.05, 4.69) is 9.71 Å². The van der Waals surface area contributed by atoms with Gasteiger partial charge >= 0.3 is 5.69 Å². The van der Waals surface area contributed by atoms with E-state index in [9.17, 15) is 18.0 Å². The highest BCUT2D eigenvalue weighted by molar-refractivity contribution is 7.89. The number of nitrogens with zero attached hydrogens (tertiary/aromatic N) is 2. The van der Waals surface area contributed by atoms with Crippen LogP contribution in [0.4, 0.5) is 0 Å². The Kier molecular flexibility index (Phi) is 6.45. The van der Waals surface area contributed by atoms with E-state index in [4.69, 9.17) is 0 Å². The van der Waals surface area contributed by atoms with Crippen molar-refractivity contribution in [3.63, 3.8) is 0 Å². The molecule has 2 aromatic carbocycles. The molecule has 0 spiro atoms. The molecule has 1 saturated heterocycles. The van der Waals surface area contributed by atoms with E-state index < -0.39 is 10.0 Å². The number of amides is 1. The van der Waals surface area contributed by atoms with Crippen LogP contribution < -0.4 is 10.4 Å². The molecule has 1 aliphatic heterocycles. The number of aromatic amines is 1. The molecule has 9 heteroatoms. The van der Waals surface area contributed by atoms with Gasteiger partial charge in [-0.15, -0.1) is 0 Å². The number of aromatic nitrogens is 2. The fraction of sp³-hybridized carbons (Fsp3) is 0.417. The zero-order chi connectivity index (χ0) is 23.8. The third-order valence-corrected chi connectivity index (χ3v) is 8.08.